The van der Waals surface area contributed by atoms with Gasteiger partial charge in [-0.15, -0.1) is 0 Å². The van der Waals surface area contributed by atoms with E-state index in [1.165, 1.54) is 0 Å². The Morgan fingerprint density at radius 3 is 2.12 bits per heavy atom. The number of carbonyl (C=O) groups excluding carboxylic acids is 1. The molecule has 0 spiro atoms. The quantitative estimate of drug-likeness (QED) is 0.144. The van der Waals surface area contributed by atoms with Crippen LogP contribution >= 0.6 is 0 Å². The van der Waals surface area contributed by atoms with Crippen molar-refractivity contribution < 1.29 is 4.79 Å². The van der Waals surface area contributed by atoms with E-state index < -0.39 is 6.03 Å². The number of urea groups is 1. The summed E-state index contributed by atoms with van der Waals surface area (Å²) in [6, 6.07) is -0.715. The van der Waals surface area contributed by atoms with Crippen molar-refractivity contribution in [1.82, 2.24) is 16.1 Å². The number of nitrogens with one attached hydrogen (secondary N) is 2. The summed E-state index contributed by atoms with van der Waals surface area (Å²) in [6.07, 6.45) is 0. The highest BCUT2D eigenvalue weighted by molar-refractivity contribution is 5.71. The number of rotatable bonds is 1. The van der Waals surface area contributed by atoms with Gasteiger partial charge in [0.1, 0.15) is 0 Å². The molecule has 2 amide bonds. The van der Waals surface area contributed by atoms with Gasteiger partial charge in [0.25, 0.3) is 0 Å². The molecule has 0 aliphatic rings. The van der Waals surface area contributed by atoms with E-state index in [1.54, 1.807) is 5.43 Å². The predicted molar refractivity (Wildman–Crippen MR) is 26.1 cm³/mol. The normalized spacial score (nSPS) is 8.38. The molecule has 0 bridgehead atoms. The van der Waals surface area contributed by atoms with Crippen LogP contribution in [-0.2, 0) is 0 Å². The molecular weight excluding hydrogens is 112 g/mol. The Labute approximate surface area is 45.7 Å². The molecular formula is CH8N6O. The topological polar surface area (TPSA) is 122 Å². The highest BCUT2D eigenvalue weighted by Gasteiger charge is 2.01. The van der Waals surface area contributed by atoms with Crippen LogP contribution in [-0.4, -0.2) is 11.1 Å². The van der Waals surface area contributed by atoms with E-state index in [0.717, 1.165) is 0 Å². The standard InChI is InChI=1S/CH8N6O/c2-5-1(8)7(4)6-3/h6H,2-4H2,(H,5,8). The van der Waals surface area contributed by atoms with Crippen LogP contribution in [0.2, 0.25) is 0 Å². The molecule has 0 saturated heterocycles. The molecule has 0 aliphatic heterocycles. The fraction of sp³-hybridized carbons (Fsp3) is 0. The molecule has 0 aromatic carbocycles. The third-order valence-electron chi connectivity index (χ3n) is 0.481. The second-order valence-electron chi connectivity index (χ2n) is 0.949. The van der Waals surface area contributed by atoms with Gasteiger partial charge in [-0.3, -0.25) is 11.3 Å². The van der Waals surface area contributed by atoms with Crippen LogP contribution in [0.15, 0.2) is 0 Å². The van der Waals surface area contributed by atoms with Crippen LogP contribution < -0.4 is 28.5 Å². The minimum Gasteiger partial charge on any atom is -0.274 e. The zero-order valence-corrected chi connectivity index (χ0v) is 4.09. The molecule has 8 N–H and O–H groups in total. The first kappa shape index (κ1) is 7.11. The summed E-state index contributed by atoms with van der Waals surface area (Å²) in [5, 5.41) is 0.500. The Kier molecular flexibility index (Phi) is 2.80. The number of hydrogen-bond donors (Lipinski definition) is 5. The number of nitrogens with two attached hydrogens (primary N) is 3. The first-order valence-corrected chi connectivity index (χ1v) is 1.74. The van der Waals surface area contributed by atoms with E-state index in [4.69, 9.17) is 5.84 Å². The molecule has 0 heterocycles. The van der Waals surface area contributed by atoms with Gasteiger partial charge in [-0.2, -0.15) is 10.7 Å². The first-order valence-electron chi connectivity index (χ1n) is 1.74. The van der Waals surface area contributed by atoms with Gasteiger partial charge in [0.05, 0.1) is 0 Å². The van der Waals surface area contributed by atoms with Crippen LogP contribution in [0.5, 0.6) is 0 Å². The van der Waals surface area contributed by atoms with Crippen molar-refractivity contribution in [3.63, 3.8) is 0 Å². The Bertz CT molecular complexity index is 80.6. The molecule has 0 unspecified atom stereocenters. The van der Waals surface area contributed by atoms with Crippen molar-refractivity contribution in [2.75, 3.05) is 0 Å². The lowest BCUT2D eigenvalue weighted by Crippen LogP contribution is -2.56. The van der Waals surface area contributed by atoms with Gasteiger partial charge < -0.3 is 0 Å². The average Bonchev–Trinajstić information content (AvgIpc) is 1.84. The third kappa shape index (κ3) is 1.71. The molecule has 0 aromatic rings. The van der Waals surface area contributed by atoms with Crippen LogP contribution in [0, 0.1) is 0 Å². The Hall–Kier alpha value is -0.890. The summed E-state index contributed by atoms with van der Waals surface area (Å²) >= 11 is 0. The zero-order valence-electron chi connectivity index (χ0n) is 4.09. The smallest absolute Gasteiger partial charge is 0.274 e. The number of amides is 2. The van der Waals surface area contributed by atoms with Crippen LogP contribution in [0.3, 0.4) is 0 Å². The van der Waals surface area contributed by atoms with Crippen molar-refractivity contribution in [3.8, 4) is 0 Å². The van der Waals surface area contributed by atoms with Gasteiger partial charge in [0.2, 0.25) is 0 Å². The number of carbonyl (C=O) groups is 1. The number of hydrazine groups is 4. The molecule has 0 fully saturated rings. The highest BCUT2D eigenvalue weighted by atomic mass is 16.2. The maximum Gasteiger partial charge on any atom is 0.361 e. The Morgan fingerprint density at radius 2 is 2.00 bits per heavy atom. The molecule has 0 atom stereocenters. The van der Waals surface area contributed by atoms with E-state index in [9.17, 15) is 4.79 Å². The van der Waals surface area contributed by atoms with Crippen LogP contribution in [0.4, 0.5) is 4.79 Å². The second-order valence-corrected chi connectivity index (χ2v) is 0.949. The summed E-state index contributed by atoms with van der Waals surface area (Å²) in [5.74, 6) is 14.1. The number of nitrogens with zero attached hydrogens (tertiary/aromatic N) is 1. The lowest BCUT2D eigenvalue weighted by molar-refractivity contribution is 0.172. The molecule has 7 heteroatoms. The largest absolute Gasteiger partial charge is 0.361 e. The summed E-state index contributed by atoms with van der Waals surface area (Å²) in [6.45, 7) is 0. The lowest BCUT2D eigenvalue weighted by atomic mass is 11.1. The molecule has 48 valence electrons. The first-order chi connectivity index (χ1) is 3.72. The van der Waals surface area contributed by atoms with Crippen molar-refractivity contribution in [1.29, 1.82) is 0 Å². The van der Waals surface area contributed by atoms with Gasteiger partial charge in [-0.1, -0.05) is 0 Å². The molecule has 0 radical (unpaired) electrons. The monoisotopic (exact) mass is 120 g/mol. The minimum absolute atomic E-state index is 0.500. The van der Waals surface area contributed by atoms with Gasteiger partial charge in [0.15, 0.2) is 0 Å². The van der Waals surface area contributed by atoms with Gasteiger partial charge in [0, 0.05) is 0 Å². The summed E-state index contributed by atoms with van der Waals surface area (Å²) in [7, 11) is 0. The molecule has 7 nitrogen and oxygen atoms in total. The maximum atomic E-state index is 10.2. The summed E-state index contributed by atoms with van der Waals surface area (Å²) in [5.41, 5.74) is 3.57. The molecule has 0 aromatic heterocycles. The minimum atomic E-state index is -0.715. The van der Waals surface area contributed by atoms with Gasteiger partial charge in [-0.05, 0) is 0 Å². The van der Waals surface area contributed by atoms with Gasteiger partial charge in [-0.25, -0.2) is 16.5 Å². The fourth-order valence-corrected chi connectivity index (χ4v) is 0.128. The van der Waals surface area contributed by atoms with Crippen molar-refractivity contribution in [3.05, 3.63) is 0 Å². The van der Waals surface area contributed by atoms with E-state index >= 15 is 0 Å². The Balaban J connectivity index is 3.46. The predicted octanol–water partition coefficient (Wildman–Crippen LogP) is -2.88. The van der Waals surface area contributed by atoms with Crippen LogP contribution in [0.25, 0.3) is 0 Å². The van der Waals surface area contributed by atoms with E-state index in [1.807, 2.05) is 5.53 Å². The van der Waals surface area contributed by atoms with E-state index in [2.05, 4.69) is 11.7 Å². The van der Waals surface area contributed by atoms with Crippen molar-refractivity contribution >= 4 is 6.03 Å². The van der Waals surface area contributed by atoms with Crippen molar-refractivity contribution in [2.45, 2.75) is 0 Å². The van der Waals surface area contributed by atoms with Crippen molar-refractivity contribution in [2.24, 2.45) is 17.5 Å². The molecule has 8 heavy (non-hydrogen) atoms. The fourth-order valence-electron chi connectivity index (χ4n) is 0.128. The Morgan fingerprint density at radius 1 is 1.50 bits per heavy atom. The van der Waals surface area contributed by atoms with E-state index in [-0.39, 0.29) is 0 Å². The van der Waals surface area contributed by atoms with Gasteiger partial charge >= 0.3 is 6.03 Å². The number of hydrogen-bond acceptors (Lipinski definition) is 5. The molecule has 0 rings (SSSR count). The van der Waals surface area contributed by atoms with E-state index in [0.29, 0.717) is 5.12 Å². The van der Waals surface area contributed by atoms with Crippen LogP contribution in [0.1, 0.15) is 0 Å². The third-order valence-corrected chi connectivity index (χ3v) is 0.481. The zero-order chi connectivity index (χ0) is 6.57. The second kappa shape index (κ2) is 3.16. The lowest BCUT2D eigenvalue weighted by Gasteiger charge is -2.11. The summed E-state index contributed by atoms with van der Waals surface area (Å²) in [4.78, 5) is 10.2. The maximum absolute atomic E-state index is 10.2. The highest BCUT2D eigenvalue weighted by Crippen LogP contribution is 1.63. The summed E-state index contributed by atoms with van der Waals surface area (Å²) < 4.78 is 0. The molecule has 0 aliphatic carbocycles. The SMILES string of the molecule is NNC(=O)N(N)NN. The molecule has 0 saturated carbocycles. The average molecular weight is 120 g/mol.